The van der Waals surface area contributed by atoms with Gasteiger partial charge in [0.2, 0.25) is 11.7 Å². The molecule has 5 rings (SSSR count). The molecular weight excluding hydrogens is 430 g/mol. The van der Waals surface area contributed by atoms with E-state index in [1.807, 2.05) is 65.6 Å². The van der Waals surface area contributed by atoms with Crippen LogP contribution in [0.3, 0.4) is 0 Å². The summed E-state index contributed by atoms with van der Waals surface area (Å²) >= 11 is 0. The lowest BCUT2D eigenvalue weighted by Crippen LogP contribution is -2.46. The molecule has 1 spiro atoms. The van der Waals surface area contributed by atoms with E-state index in [1.165, 1.54) is 0 Å². The lowest BCUT2D eigenvalue weighted by atomic mass is 9.75. The van der Waals surface area contributed by atoms with Crippen LogP contribution in [-0.4, -0.2) is 51.0 Å². The minimum atomic E-state index is -0.773. The van der Waals surface area contributed by atoms with Crippen molar-refractivity contribution in [2.75, 3.05) is 13.1 Å². The fourth-order valence-electron chi connectivity index (χ4n) is 5.35. The van der Waals surface area contributed by atoms with Crippen LogP contribution in [0.2, 0.25) is 0 Å². The van der Waals surface area contributed by atoms with Gasteiger partial charge in [-0.25, -0.2) is 0 Å². The molecule has 0 bridgehead atoms. The summed E-state index contributed by atoms with van der Waals surface area (Å²) in [7, 11) is 0. The standard InChI is InChI=1S/C27H29N3O4/c1-19-16-23(34-28-19)25(32)29-14-12-27(13-15-29)17-22(24(31)21-10-6-3-7-11-21)30(26(27)33)18-20-8-4-2-5-9-20/h2-11,16,22,24,31H,12-15,17-18H2,1H3/t22-,24+/m0/s1. The zero-order chi connectivity index (χ0) is 23.7. The second-order valence-corrected chi connectivity index (χ2v) is 9.45. The monoisotopic (exact) mass is 459 g/mol. The highest BCUT2D eigenvalue weighted by Crippen LogP contribution is 2.48. The first-order valence-corrected chi connectivity index (χ1v) is 11.8. The Hall–Kier alpha value is -3.45. The van der Waals surface area contributed by atoms with E-state index in [2.05, 4.69) is 5.16 Å². The van der Waals surface area contributed by atoms with Gasteiger partial charge in [0.1, 0.15) is 0 Å². The van der Waals surface area contributed by atoms with Crippen molar-refractivity contribution in [3.8, 4) is 0 Å². The zero-order valence-electron chi connectivity index (χ0n) is 19.3. The Bertz CT molecular complexity index is 1150. The van der Waals surface area contributed by atoms with Crippen molar-refractivity contribution >= 4 is 11.8 Å². The van der Waals surface area contributed by atoms with Crippen molar-refractivity contribution in [2.24, 2.45) is 5.41 Å². The van der Waals surface area contributed by atoms with Crippen molar-refractivity contribution in [1.82, 2.24) is 15.0 Å². The van der Waals surface area contributed by atoms with Gasteiger partial charge in [0.25, 0.3) is 5.91 Å². The molecule has 34 heavy (non-hydrogen) atoms. The van der Waals surface area contributed by atoms with Gasteiger partial charge < -0.3 is 19.4 Å². The number of aliphatic hydroxyl groups is 1. The molecule has 0 radical (unpaired) electrons. The molecular formula is C27H29N3O4. The van der Waals surface area contributed by atoms with Crippen LogP contribution in [0.15, 0.2) is 71.3 Å². The number of likely N-dealkylation sites (tertiary alicyclic amines) is 2. The normalized spacial score (nSPS) is 20.6. The van der Waals surface area contributed by atoms with Gasteiger partial charge in [-0.2, -0.15) is 0 Å². The van der Waals surface area contributed by atoms with Crippen LogP contribution in [0.25, 0.3) is 0 Å². The van der Waals surface area contributed by atoms with Gasteiger partial charge in [-0.1, -0.05) is 65.8 Å². The second-order valence-electron chi connectivity index (χ2n) is 9.45. The van der Waals surface area contributed by atoms with Crippen LogP contribution in [0, 0.1) is 12.3 Å². The Morgan fingerprint density at radius 3 is 2.38 bits per heavy atom. The molecule has 2 aliphatic heterocycles. The first kappa shape index (κ1) is 22.3. The van der Waals surface area contributed by atoms with E-state index in [4.69, 9.17) is 4.52 Å². The van der Waals surface area contributed by atoms with Gasteiger partial charge in [-0.05, 0) is 37.3 Å². The molecule has 176 valence electrons. The van der Waals surface area contributed by atoms with Crippen LogP contribution in [0.4, 0.5) is 0 Å². The van der Waals surface area contributed by atoms with Crippen molar-refractivity contribution in [3.05, 3.63) is 89.3 Å². The van der Waals surface area contributed by atoms with E-state index >= 15 is 0 Å². The number of carbonyl (C=O) groups excluding carboxylic acids is 2. The third kappa shape index (κ3) is 4.12. The first-order chi connectivity index (χ1) is 16.5. The summed E-state index contributed by atoms with van der Waals surface area (Å²) in [5, 5.41) is 15.1. The fraction of sp³-hybridized carbons (Fsp3) is 0.370. The number of hydrogen-bond donors (Lipinski definition) is 1. The maximum atomic E-state index is 13.9. The summed E-state index contributed by atoms with van der Waals surface area (Å²) in [4.78, 5) is 30.3. The molecule has 2 fully saturated rings. The Balaban J connectivity index is 1.37. The number of rotatable bonds is 5. The van der Waals surface area contributed by atoms with E-state index in [9.17, 15) is 14.7 Å². The second kappa shape index (κ2) is 9.06. The van der Waals surface area contributed by atoms with Gasteiger partial charge in [-0.15, -0.1) is 0 Å². The topological polar surface area (TPSA) is 86.9 Å². The molecule has 2 atom stereocenters. The number of amides is 2. The van der Waals surface area contributed by atoms with E-state index in [-0.39, 0.29) is 23.6 Å². The number of benzene rings is 2. The van der Waals surface area contributed by atoms with E-state index in [1.54, 1.807) is 17.9 Å². The lowest BCUT2D eigenvalue weighted by molar-refractivity contribution is -0.140. The maximum Gasteiger partial charge on any atom is 0.292 e. The summed E-state index contributed by atoms with van der Waals surface area (Å²) in [6.07, 6.45) is 0.922. The Labute approximate surface area is 199 Å². The summed E-state index contributed by atoms with van der Waals surface area (Å²) < 4.78 is 5.15. The molecule has 0 saturated carbocycles. The van der Waals surface area contributed by atoms with Gasteiger partial charge in [0.15, 0.2) is 0 Å². The molecule has 0 aliphatic carbocycles. The number of aryl methyl sites for hydroxylation is 1. The van der Waals surface area contributed by atoms with Crippen LogP contribution in [0.5, 0.6) is 0 Å². The third-order valence-electron chi connectivity index (χ3n) is 7.26. The minimum Gasteiger partial charge on any atom is -0.386 e. The summed E-state index contributed by atoms with van der Waals surface area (Å²) in [6.45, 7) is 3.17. The highest BCUT2D eigenvalue weighted by Gasteiger charge is 2.54. The van der Waals surface area contributed by atoms with Crippen molar-refractivity contribution in [3.63, 3.8) is 0 Å². The van der Waals surface area contributed by atoms with E-state index in [0.29, 0.717) is 44.6 Å². The van der Waals surface area contributed by atoms with Crippen LogP contribution < -0.4 is 0 Å². The molecule has 2 amide bonds. The maximum absolute atomic E-state index is 13.9. The number of carbonyl (C=O) groups is 2. The lowest BCUT2D eigenvalue weighted by Gasteiger charge is -2.37. The third-order valence-corrected chi connectivity index (χ3v) is 7.26. The fourth-order valence-corrected chi connectivity index (χ4v) is 5.35. The average molecular weight is 460 g/mol. The Morgan fingerprint density at radius 1 is 1.12 bits per heavy atom. The molecule has 3 heterocycles. The van der Waals surface area contributed by atoms with Gasteiger partial charge >= 0.3 is 0 Å². The predicted molar refractivity (Wildman–Crippen MR) is 126 cm³/mol. The predicted octanol–water partition coefficient (Wildman–Crippen LogP) is 3.74. The molecule has 7 nitrogen and oxygen atoms in total. The molecule has 7 heteroatoms. The van der Waals surface area contributed by atoms with Crippen molar-refractivity contribution < 1.29 is 19.2 Å². The molecule has 2 aliphatic rings. The number of nitrogens with zero attached hydrogens (tertiary/aromatic N) is 3. The number of hydrogen-bond acceptors (Lipinski definition) is 5. The van der Waals surface area contributed by atoms with Crippen molar-refractivity contribution in [2.45, 2.75) is 44.9 Å². The number of aliphatic hydroxyl groups excluding tert-OH is 1. The largest absolute Gasteiger partial charge is 0.386 e. The molecule has 2 aromatic carbocycles. The number of aromatic nitrogens is 1. The zero-order valence-corrected chi connectivity index (χ0v) is 19.3. The highest BCUT2D eigenvalue weighted by atomic mass is 16.5. The SMILES string of the molecule is Cc1cc(C(=O)N2CCC3(CC2)C[C@@H]([C@H](O)c2ccccc2)N(Cc2ccccc2)C3=O)on1. The minimum absolute atomic E-state index is 0.0685. The molecule has 0 unspecified atom stereocenters. The van der Waals surface area contributed by atoms with Gasteiger partial charge in [0.05, 0.1) is 23.3 Å². The van der Waals surface area contributed by atoms with E-state index in [0.717, 1.165) is 11.1 Å². The number of piperidine rings is 1. The van der Waals surface area contributed by atoms with Gasteiger partial charge in [0, 0.05) is 25.7 Å². The summed E-state index contributed by atoms with van der Waals surface area (Å²) in [6, 6.07) is 20.7. The van der Waals surface area contributed by atoms with Crippen LogP contribution in [-0.2, 0) is 11.3 Å². The smallest absolute Gasteiger partial charge is 0.292 e. The molecule has 1 aromatic heterocycles. The van der Waals surface area contributed by atoms with Crippen LogP contribution >= 0.6 is 0 Å². The molecule has 3 aromatic rings. The van der Waals surface area contributed by atoms with Crippen LogP contribution in [0.1, 0.15) is 52.7 Å². The highest BCUT2D eigenvalue weighted by molar-refractivity contribution is 5.92. The van der Waals surface area contributed by atoms with E-state index < -0.39 is 11.5 Å². The molecule has 1 N–H and O–H groups in total. The quantitative estimate of drug-likeness (QED) is 0.628. The summed E-state index contributed by atoms with van der Waals surface area (Å²) in [5.74, 6) is 0.108. The van der Waals surface area contributed by atoms with Gasteiger partial charge in [-0.3, -0.25) is 9.59 Å². The first-order valence-electron chi connectivity index (χ1n) is 11.8. The molecule has 2 saturated heterocycles. The van der Waals surface area contributed by atoms with Crippen molar-refractivity contribution in [1.29, 1.82) is 0 Å². The Kier molecular flexibility index (Phi) is 5.96. The summed E-state index contributed by atoms with van der Waals surface area (Å²) in [5.41, 5.74) is 1.93. The average Bonchev–Trinajstić information content (AvgIpc) is 3.42. The Morgan fingerprint density at radius 2 is 1.76 bits per heavy atom.